The Morgan fingerprint density at radius 2 is 1.83 bits per heavy atom. The Bertz CT molecular complexity index is 691. The second-order valence-corrected chi connectivity index (χ2v) is 6.39. The summed E-state index contributed by atoms with van der Waals surface area (Å²) in [7, 11) is 0. The zero-order valence-electron chi connectivity index (χ0n) is 13.1. The van der Waals surface area contributed by atoms with E-state index in [1.54, 1.807) is 12.1 Å². The summed E-state index contributed by atoms with van der Waals surface area (Å²) >= 11 is 6.13. The molecule has 1 amide bonds. The molecule has 120 valence electrons. The van der Waals surface area contributed by atoms with Crippen LogP contribution in [0.5, 0.6) is 5.75 Å². The normalized spacial score (nSPS) is 14.7. The number of halogens is 1. The molecule has 0 unspecified atom stereocenters. The Balaban J connectivity index is 1.64. The van der Waals surface area contributed by atoms with Crippen LogP contribution in [0.3, 0.4) is 0 Å². The summed E-state index contributed by atoms with van der Waals surface area (Å²) in [6, 6.07) is 12.9. The van der Waals surface area contributed by atoms with Crippen LogP contribution in [0.4, 0.5) is 5.69 Å². The summed E-state index contributed by atoms with van der Waals surface area (Å²) in [4.78, 5) is 12.3. The number of carbonyl (C=O) groups is 1. The molecule has 23 heavy (non-hydrogen) atoms. The molecule has 1 saturated carbocycles. The van der Waals surface area contributed by atoms with Gasteiger partial charge in [-0.25, -0.2) is 0 Å². The van der Waals surface area contributed by atoms with E-state index < -0.39 is 0 Å². The Morgan fingerprint density at radius 3 is 2.48 bits per heavy atom. The molecule has 1 aliphatic rings. The predicted molar refractivity (Wildman–Crippen MR) is 93.5 cm³/mol. The number of ether oxygens (including phenoxy) is 1. The maximum Gasteiger partial charge on any atom is 0.257 e. The summed E-state index contributed by atoms with van der Waals surface area (Å²) in [5, 5.41) is 3.32. The van der Waals surface area contributed by atoms with E-state index in [0.29, 0.717) is 16.7 Å². The monoisotopic (exact) mass is 329 g/mol. The van der Waals surface area contributed by atoms with Gasteiger partial charge in [-0.2, -0.15) is 0 Å². The number of aryl methyl sites for hydroxylation is 1. The number of hydrogen-bond acceptors (Lipinski definition) is 2. The number of rotatable bonds is 4. The van der Waals surface area contributed by atoms with E-state index >= 15 is 0 Å². The SMILES string of the molecule is Cc1ccc(C(=O)Nc2ccc(OC3CCCC3)cc2)c(Cl)c1. The maximum atomic E-state index is 12.3. The van der Waals surface area contributed by atoms with Crippen LogP contribution in [0.25, 0.3) is 0 Å². The van der Waals surface area contributed by atoms with Crippen LogP contribution in [0, 0.1) is 6.92 Å². The third kappa shape index (κ3) is 4.05. The third-order valence-electron chi connectivity index (χ3n) is 4.09. The van der Waals surface area contributed by atoms with Crippen molar-refractivity contribution in [2.24, 2.45) is 0 Å². The standard InChI is InChI=1S/C19H20ClNO2/c1-13-6-11-17(18(20)12-13)19(22)21-14-7-9-16(10-8-14)23-15-4-2-3-5-15/h6-12,15H,2-5H2,1H3,(H,21,22). The van der Waals surface area contributed by atoms with Gasteiger partial charge >= 0.3 is 0 Å². The fraction of sp³-hybridized carbons (Fsp3) is 0.316. The van der Waals surface area contributed by atoms with E-state index in [4.69, 9.17) is 16.3 Å². The average molecular weight is 330 g/mol. The third-order valence-corrected chi connectivity index (χ3v) is 4.40. The van der Waals surface area contributed by atoms with Gasteiger partial charge in [0.25, 0.3) is 5.91 Å². The molecule has 1 N–H and O–H groups in total. The second-order valence-electron chi connectivity index (χ2n) is 5.99. The highest BCUT2D eigenvalue weighted by Crippen LogP contribution is 2.25. The Morgan fingerprint density at radius 1 is 1.13 bits per heavy atom. The first-order chi connectivity index (χ1) is 11.1. The van der Waals surface area contributed by atoms with Crippen LogP contribution in [-0.2, 0) is 0 Å². The van der Waals surface area contributed by atoms with Gasteiger partial charge in [0.05, 0.1) is 16.7 Å². The molecular formula is C19H20ClNO2. The summed E-state index contributed by atoms with van der Waals surface area (Å²) in [6.45, 7) is 1.94. The van der Waals surface area contributed by atoms with E-state index in [1.165, 1.54) is 12.8 Å². The second kappa shape index (κ2) is 7.05. The molecule has 1 aliphatic carbocycles. The molecule has 0 spiro atoms. The van der Waals surface area contributed by atoms with Gasteiger partial charge in [0.15, 0.2) is 0 Å². The lowest BCUT2D eigenvalue weighted by Gasteiger charge is -2.13. The number of anilines is 1. The largest absolute Gasteiger partial charge is 0.490 e. The number of carbonyl (C=O) groups excluding carboxylic acids is 1. The maximum absolute atomic E-state index is 12.3. The van der Waals surface area contributed by atoms with Crippen LogP contribution in [0.15, 0.2) is 42.5 Å². The fourth-order valence-corrected chi connectivity index (χ4v) is 3.14. The molecule has 2 aromatic rings. The Labute approximate surface area is 141 Å². The molecule has 4 heteroatoms. The van der Waals surface area contributed by atoms with Crippen molar-refractivity contribution >= 4 is 23.2 Å². The lowest BCUT2D eigenvalue weighted by molar-refractivity contribution is 0.102. The molecule has 1 fully saturated rings. The number of nitrogens with one attached hydrogen (secondary N) is 1. The molecule has 0 radical (unpaired) electrons. The molecule has 3 rings (SSSR count). The lowest BCUT2D eigenvalue weighted by atomic mass is 10.1. The number of hydrogen-bond donors (Lipinski definition) is 1. The van der Waals surface area contributed by atoms with E-state index in [0.717, 1.165) is 29.8 Å². The molecule has 3 nitrogen and oxygen atoms in total. The van der Waals surface area contributed by atoms with Crippen molar-refractivity contribution in [3.05, 3.63) is 58.6 Å². The van der Waals surface area contributed by atoms with Gasteiger partial charge in [-0.3, -0.25) is 4.79 Å². The topological polar surface area (TPSA) is 38.3 Å². The van der Waals surface area contributed by atoms with E-state index in [2.05, 4.69) is 5.32 Å². The van der Waals surface area contributed by atoms with E-state index in [-0.39, 0.29) is 5.91 Å². The molecule has 0 bridgehead atoms. The molecule has 0 atom stereocenters. The van der Waals surface area contributed by atoms with Crippen molar-refractivity contribution in [1.29, 1.82) is 0 Å². The molecule has 0 aliphatic heterocycles. The number of benzene rings is 2. The van der Waals surface area contributed by atoms with Crippen molar-refractivity contribution in [2.75, 3.05) is 5.32 Å². The highest BCUT2D eigenvalue weighted by atomic mass is 35.5. The first-order valence-corrected chi connectivity index (χ1v) is 8.34. The Kier molecular flexibility index (Phi) is 4.87. The van der Waals surface area contributed by atoms with Gasteiger partial charge in [0.1, 0.15) is 5.75 Å². The summed E-state index contributed by atoms with van der Waals surface area (Å²) in [5.74, 6) is 0.641. The zero-order chi connectivity index (χ0) is 16.2. The van der Waals surface area contributed by atoms with Crippen LogP contribution in [-0.4, -0.2) is 12.0 Å². The first kappa shape index (κ1) is 15.9. The van der Waals surface area contributed by atoms with Crippen molar-refractivity contribution < 1.29 is 9.53 Å². The fourth-order valence-electron chi connectivity index (χ4n) is 2.82. The van der Waals surface area contributed by atoms with Crippen molar-refractivity contribution in [1.82, 2.24) is 0 Å². The minimum Gasteiger partial charge on any atom is -0.490 e. The lowest BCUT2D eigenvalue weighted by Crippen LogP contribution is -2.13. The minimum atomic E-state index is -0.209. The summed E-state index contributed by atoms with van der Waals surface area (Å²) < 4.78 is 5.92. The molecule has 0 aromatic heterocycles. The summed E-state index contributed by atoms with van der Waals surface area (Å²) in [5.41, 5.74) is 2.23. The first-order valence-electron chi connectivity index (χ1n) is 7.96. The average Bonchev–Trinajstić information content (AvgIpc) is 3.02. The number of amides is 1. The van der Waals surface area contributed by atoms with E-state index in [9.17, 15) is 4.79 Å². The van der Waals surface area contributed by atoms with Gasteiger partial charge in [-0.15, -0.1) is 0 Å². The molecule has 0 heterocycles. The molecular weight excluding hydrogens is 310 g/mol. The van der Waals surface area contributed by atoms with Crippen LogP contribution >= 0.6 is 11.6 Å². The van der Waals surface area contributed by atoms with Crippen molar-refractivity contribution in [3.8, 4) is 5.75 Å². The van der Waals surface area contributed by atoms with Crippen LogP contribution < -0.4 is 10.1 Å². The minimum absolute atomic E-state index is 0.209. The van der Waals surface area contributed by atoms with Crippen LogP contribution in [0.1, 0.15) is 41.6 Å². The zero-order valence-corrected chi connectivity index (χ0v) is 13.9. The van der Waals surface area contributed by atoms with Crippen LogP contribution in [0.2, 0.25) is 5.02 Å². The van der Waals surface area contributed by atoms with E-state index in [1.807, 2.05) is 37.3 Å². The Hall–Kier alpha value is -2.00. The molecule has 2 aromatic carbocycles. The highest BCUT2D eigenvalue weighted by Gasteiger charge is 2.16. The van der Waals surface area contributed by atoms with Gasteiger partial charge in [-0.05, 0) is 74.6 Å². The van der Waals surface area contributed by atoms with Gasteiger partial charge in [0.2, 0.25) is 0 Å². The smallest absolute Gasteiger partial charge is 0.257 e. The summed E-state index contributed by atoms with van der Waals surface area (Å²) in [6.07, 6.45) is 5.09. The molecule has 0 saturated heterocycles. The van der Waals surface area contributed by atoms with Crippen molar-refractivity contribution in [2.45, 2.75) is 38.7 Å². The predicted octanol–water partition coefficient (Wildman–Crippen LogP) is 5.22. The van der Waals surface area contributed by atoms with Gasteiger partial charge in [0, 0.05) is 5.69 Å². The van der Waals surface area contributed by atoms with Gasteiger partial charge in [-0.1, -0.05) is 17.7 Å². The quantitative estimate of drug-likeness (QED) is 0.834. The van der Waals surface area contributed by atoms with Crippen molar-refractivity contribution in [3.63, 3.8) is 0 Å². The van der Waals surface area contributed by atoms with Gasteiger partial charge < -0.3 is 10.1 Å². The highest BCUT2D eigenvalue weighted by molar-refractivity contribution is 6.34.